The lowest BCUT2D eigenvalue weighted by molar-refractivity contribution is -0.334. The van der Waals surface area contributed by atoms with Crippen molar-refractivity contribution in [3.63, 3.8) is 0 Å². The minimum Gasteiger partial charge on any atom is -0.450 e. The van der Waals surface area contributed by atoms with Gasteiger partial charge in [0.15, 0.2) is 17.3 Å². The lowest BCUT2D eigenvalue weighted by Crippen LogP contribution is -2.81. The number of carbonyl (C=O) groups is 2. The molecule has 3 aliphatic carbocycles. The van der Waals surface area contributed by atoms with Crippen LogP contribution >= 0.6 is 0 Å². The zero-order chi connectivity index (χ0) is 26.7. The molecule has 36 heavy (non-hydrogen) atoms. The first kappa shape index (κ1) is 25.4. The fourth-order valence-electron chi connectivity index (χ4n) is 7.86. The van der Waals surface area contributed by atoms with Crippen LogP contribution in [0.25, 0.3) is 0 Å². The summed E-state index contributed by atoms with van der Waals surface area (Å²) in [6.07, 6.45) is -3.44. The summed E-state index contributed by atoms with van der Waals surface area (Å²) in [7, 11) is 0. The van der Waals surface area contributed by atoms with Crippen molar-refractivity contribution >= 4 is 11.9 Å². The molecule has 0 unspecified atom stereocenters. The molecule has 3 fully saturated rings. The number of hydrogen-bond acceptors (Lipinski definition) is 10. The average Bonchev–Trinajstić information content (AvgIpc) is 3.42. The molecule has 2 bridgehead atoms. The summed E-state index contributed by atoms with van der Waals surface area (Å²) in [5, 5.41) is 70.1. The first-order valence-corrected chi connectivity index (χ1v) is 12.1. The van der Waals surface area contributed by atoms with Gasteiger partial charge in [0.1, 0.15) is 23.0 Å². The number of aliphatic hydroxyl groups excluding tert-OH is 2. The fraction of sp³-hybridized carbons (Fsp3) is 0.680. The lowest BCUT2D eigenvalue weighted by Gasteiger charge is -2.61. The summed E-state index contributed by atoms with van der Waals surface area (Å²) < 4.78 is 11.5. The van der Waals surface area contributed by atoms with Crippen LogP contribution in [0.4, 0.5) is 0 Å². The number of fused-ring (bicyclic) bond motifs is 2. The van der Waals surface area contributed by atoms with Crippen LogP contribution < -0.4 is 0 Å². The first-order chi connectivity index (χ1) is 16.6. The van der Waals surface area contributed by atoms with Gasteiger partial charge >= 0.3 is 11.9 Å². The van der Waals surface area contributed by atoms with Gasteiger partial charge in [0.25, 0.3) is 0 Å². The molecule has 2 saturated carbocycles. The topological polar surface area (TPSA) is 190 Å². The Labute approximate surface area is 207 Å². The highest BCUT2D eigenvalue weighted by Gasteiger charge is 2.97. The van der Waals surface area contributed by atoms with E-state index >= 15 is 0 Å². The molecule has 0 aromatic carbocycles. The van der Waals surface area contributed by atoms with E-state index < -0.39 is 76.5 Å². The summed E-state index contributed by atoms with van der Waals surface area (Å²) in [6, 6.07) is 3.05. The van der Waals surface area contributed by atoms with Crippen molar-refractivity contribution in [2.75, 3.05) is 6.61 Å². The largest absolute Gasteiger partial charge is 0.450 e. The van der Waals surface area contributed by atoms with Crippen molar-refractivity contribution in [2.45, 2.75) is 87.2 Å². The number of aromatic amines is 1. The van der Waals surface area contributed by atoms with Crippen LogP contribution in [0.5, 0.6) is 0 Å². The maximum absolute atomic E-state index is 13.1. The van der Waals surface area contributed by atoms with Gasteiger partial charge in [0.2, 0.25) is 5.60 Å². The highest BCUT2D eigenvalue weighted by Crippen LogP contribution is 2.77. The minimum absolute atomic E-state index is 0.0439. The van der Waals surface area contributed by atoms with E-state index in [9.17, 15) is 40.2 Å². The van der Waals surface area contributed by atoms with Crippen LogP contribution in [0.3, 0.4) is 0 Å². The van der Waals surface area contributed by atoms with Gasteiger partial charge in [-0.2, -0.15) is 0 Å². The van der Waals surface area contributed by atoms with Gasteiger partial charge in [-0.3, -0.25) is 4.79 Å². The Balaban J connectivity index is 1.82. The molecule has 198 valence electrons. The summed E-state index contributed by atoms with van der Waals surface area (Å²) in [4.78, 5) is 28.8. The molecule has 11 heteroatoms. The Morgan fingerprint density at radius 2 is 1.92 bits per heavy atom. The van der Waals surface area contributed by atoms with Gasteiger partial charge in [-0.05, 0) is 49.0 Å². The summed E-state index contributed by atoms with van der Waals surface area (Å²) in [5.41, 5.74) is -13.9. The molecule has 11 nitrogen and oxygen atoms in total. The number of aromatic nitrogens is 1. The summed E-state index contributed by atoms with van der Waals surface area (Å²) in [5.74, 6) is -2.18. The predicted octanol–water partition coefficient (Wildman–Crippen LogP) is -0.697. The van der Waals surface area contributed by atoms with Crippen LogP contribution in [0.2, 0.25) is 0 Å². The maximum atomic E-state index is 13.1. The van der Waals surface area contributed by atoms with Crippen molar-refractivity contribution in [1.82, 2.24) is 4.98 Å². The molecule has 7 N–H and O–H groups in total. The molecule has 1 saturated heterocycles. The number of H-pyrrole nitrogens is 1. The van der Waals surface area contributed by atoms with E-state index in [1.165, 1.54) is 26.1 Å². The molecular formula is C25H33NO10. The molecule has 0 amide bonds. The first-order valence-electron chi connectivity index (χ1n) is 12.1. The number of carbonyl (C=O) groups excluding carboxylic acids is 2. The third kappa shape index (κ3) is 2.31. The van der Waals surface area contributed by atoms with Crippen molar-refractivity contribution in [2.24, 2.45) is 11.3 Å². The van der Waals surface area contributed by atoms with Gasteiger partial charge in [0, 0.05) is 11.6 Å². The third-order valence-electron chi connectivity index (χ3n) is 9.62. The fourth-order valence-corrected chi connectivity index (χ4v) is 7.86. The number of nitrogens with one attached hydrogen (secondary N) is 1. The Bertz CT molecular complexity index is 1160. The summed E-state index contributed by atoms with van der Waals surface area (Å²) >= 11 is 0. The van der Waals surface area contributed by atoms with Gasteiger partial charge in [-0.1, -0.05) is 20.8 Å². The monoisotopic (exact) mass is 507 g/mol. The highest BCUT2D eigenvalue weighted by molar-refractivity contribution is 5.88. The van der Waals surface area contributed by atoms with Gasteiger partial charge in [-0.25, -0.2) is 4.79 Å². The van der Waals surface area contributed by atoms with Crippen molar-refractivity contribution < 1.29 is 49.7 Å². The smallest absolute Gasteiger partial charge is 0.355 e. The standard InChI is InChI=1S/C25H33NO10/c1-12(2)16-13(3)23(33)24(34,17(16)35-18(29)14-6-5-9-26-14)20(4)10-15(28)36-25(23)19(30)21(31,11-27)7-8-22(20,25)32/h5-6,9,12,17,19,26-27,30-34H,7-8,10-11H2,1-4H3/t17-,19-,20+,21+,22+,23-,24-,25-/m1/s1. The molecule has 5 rings (SSSR count). The van der Waals surface area contributed by atoms with Crippen molar-refractivity contribution in [1.29, 1.82) is 0 Å². The summed E-state index contributed by atoms with van der Waals surface area (Å²) in [6.45, 7) is 5.41. The second-order valence-corrected chi connectivity index (χ2v) is 11.3. The Hall–Kier alpha value is -2.28. The highest BCUT2D eigenvalue weighted by atomic mass is 16.6. The van der Waals surface area contributed by atoms with E-state index in [2.05, 4.69) is 4.98 Å². The van der Waals surface area contributed by atoms with E-state index in [1.807, 2.05) is 0 Å². The van der Waals surface area contributed by atoms with Crippen LogP contribution in [0.1, 0.15) is 57.4 Å². The van der Waals surface area contributed by atoms with E-state index in [1.54, 1.807) is 19.9 Å². The molecule has 0 radical (unpaired) electrons. The van der Waals surface area contributed by atoms with Crippen LogP contribution in [0.15, 0.2) is 29.5 Å². The molecule has 2 heterocycles. The second-order valence-electron chi connectivity index (χ2n) is 11.3. The van der Waals surface area contributed by atoms with Gasteiger partial charge < -0.3 is 45.1 Å². The number of rotatable bonds is 4. The average molecular weight is 508 g/mol. The van der Waals surface area contributed by atoms with Crippen LogP contribution in [0, 0.1) is 11.3 Å². The molecule has 4 aliphatic rings. The lowest BCUT2D eigenvalue weighted by atomic mass is 9.54. The SMILES string of the molecule is CC1=C(C(C)C)[C@@H](OC(=O)c2ccc[nH]2)[C@@]2(O)[C@@]3(C)CC(=O)O[C@@]4([C@H](O)[C@@](O)(CO)CC[C@]34O)[C@@]12O. The molecule has 1 aliphatic heterocycles. The quantitative estimate of drug-likeness (QED) is 0.203. The number of ether oxygens (including phenoxy) is 2. The maximum Gasteiger partial charge on any atom is 0.355 e. The molecule has 8 atom stereocenters. The molecular weight excluding hydrogens is 474 g/mol. The van der Waals surface area contributed by atoms with E-state index in [0.717, 1.165) is 0 Å². The molecule has 0 spiro atoms. The van der Waals surface area contributed by atoms with Crippen LogP contribution in [-0.4, -0.2) is 94.4 Å². The van der Waals surface area contributed by atoms with E-state index in [4.69, 9.17) is 9.47 Å². The Morgan fingerprint density at radius 1 is 1.25 bits per heavy atom. The predicted molar refractivity (Wildman–Crippen MR) is 121 cm³/mol. The normalized spacial score (nSPS) is 47.6. The zero-order valence-corrected chi connectivity index (χ0v) is 20.6. The third-order valence-corrected chi connectivity index (χ3v) is 9.62. The van der Waals surface area contributed by atoms with Crippen molar-refractivity contribution in [3.8, 4) is 0 Å². The second kappa shape index (κ2) is 7.18. The Morgan fingerprint density at radius 3 is 2.47 bits per heavy atom. The molecule has 1 aromatic heterocycles. The van der Waals surface area contributed by atoms with Gasteiger partial charge in [0.05, 0.1) is 13.0 Å². The zero-order valence-electron chi connectivity index (χ0n) is 20.6. The number of aliphatic hydroxyl groups is 6. The minimum atomic E-state index is -2.70. The van der Waals surface area contributed by atoms with Crippen molar-refractivity contribution in [3.05, 3.63) is 35.2 Å². The van der Waals surface area contributed by atoms with Crippen LogP contribution in [-0.2, 0) is 14.3 Å². The molecule has 1 aromatic rings. The Kier molecular flexibility index (Phi) is 5.06. The van der Waals surface area contributed by atoms with Gasteiger partial charge in [-0.15, -0.1) is 0 Å². The number of hydrogen-bond donors (Lipinski definition) is 7. The van der Waals surface area contributed by atoms with E-state index in [0.29, 0.717) is 5.57 Å². The number of esters is 2. The van der Waals surface area contributed by atoms with E-state index in [-0.39, 0.29) is 24.1 Å².